The summed E-state index contributed by atoms with van der Waals surface area (Å²) in [5, 5.41) is 0. The predicted octanol–water partition coefficient (Wildman–Crippen LogP) is 1.54. The van der Waals surface area contributed by atoms with Gasteiger partial charge in [-0.2, -0.15) is 4.98 Å². The second-order valence-corrected chi connectivity index (χ2v) is 4.59. The van der Waals surface area contributed by atoms with Crippen LogP contribution < -0.4 is 9.64 Å². The first-order valence-corrected chi connectivity index (χ1v) is 5.80. The third-order valence-electron chi connectivity index (χ3n) is 3.64. The summed E-state index contributed by atoms with van der Waals surface area (Å²) in [6.07, 6.45) is 6.72. The quantitative estimate of drug-likeness (QED) is 0.754. The number of nitrogens with zero attached hydrogens (tertiary/aromatic N) is 3. The summed E-state index contributed by atoms with van der Waals surface area (Å²) >= 11 is 0. The van der Waals surface area contributed by atoms with Gasteiger partial charge in [-0.1, -0.05) is 0 Å². The number of hydrogen-bond acceptors (Lipinski definition) is 4. The topological polar surface area (TPSA) is 38.2 Å². The average Bonchev–Trinajstić information content (AvgIpc) is 2.89. The van der Waals surface area contributed by atoms with Crippen LogP contribution in [0.1, 0.15) is 12.8 Å². The van der Waals surface area contributed by atoms with Gasteiger partial charge in [-0.3, -0.25) is 0 Å². The van der Waals surface area contributed by atoms with Crippen LogP contribution in [0, 0.1) is 18.3 Å². The van der Waals surface area contributed by atoms with Crippen molar-refractivity contribution < 1.29 is 4.74 Å². The fourth-order valence-electron chi connectivity index (χ4n) is 2.79. The Hall–Kier alpha value is -1.32. The van der Waals surface area contributed by atoms with Gasteiger partial charge in [0.15, 0.2) is 0 Å². The van der Waals surface area contributed by atoms with Crippen LogP contribution in [0.4, 0.5) is 5.82 Å². The smallest absolute Gasteiger partial charge is 0.318 e. The van der Waals surface area contributed by atoms with Gasteiger partial charge in [-0.25, -0.2) is 4.98 Å². The summed E-state index contributed by atoms with van der Waals surface area (Å²) in [5.74, 6) is 2.67. The molecule has 2 atom stereocenters. The molecule has 0 bridgehead atoms. The number of ether oxygens (including phenoxy) is 1. The van der Waals surface area contributed by atoms with E-state index >= 15 is 0 Å². The van der Waals surface area contributed by atoms with Crippen LogP contribution in [0.3, 0.4) is 0 Å². The van der Waals surface area contributed by atoms with E-state index in [4.69, 9.17) is 4.74 Å². The summed E-state index contributed by atoms with van der Waals surface area (Å²) in [6.45, 7) is 2.25. The zero-order valence-electron chi connectivity index (χ0n) is 9.47. The standard InChI is InChI=1S/C12H16N3O/c1-16-12-13-6-5-11(14-12)15-7-9-3-2-4-10(9)8-15/h2,5-6,9-10H,3-4,7-8H2,1H3. The second-order valence-electron chi connectivity index (χ2n) is 4.59. The number of hydrogen-bond donors (Lipinski definition) is 0. The molecule has 3 rings (SSSR count). The van der Waals surface area contributed by atoms with E-state index in [0.717, 1.165) is 30.7 Å². The van der Waals surface area contributed by atoms with Gasteiger partial charge >= 0.3 is 6.01 Å². The molecular formula is C12H16N3O. The minimum absolute atomic E-state index is 0.459. The van der Waals surface area contributed by atoms with Gasteiger partial charge in [0, 0.05) is 19.3 Å². The molecule has 4 heteroatoms. The second kappa shape index (κ2) is 3.92. The number of anilines is 1. The third kappa shape index (κ3) is 1.62. The lowest BCUT2D eigenvalue weighted by Gasteiger charge is -2.18. The maximum atomic E-state index is 5.05. The molecule has 85 valence electrons. The average molecular weight is 218 g/mol. The highest BCUT2D eigenvalue weighted by Crippen LogP contribution is 2.38. The molecule has 0 spiro atoms. The van der Waals surface area contributed by atoms with E-state index in [0.29, 0.717) is 6.01 Å². The molecule has 1 aromatic heterocycles. The lowest BCUT2D eigenvalue weighted by molar-refractivity contribution is 0.380. The van der Waals surface area contributed by atoms with Crippen LogP contribution in [0.2, 0.25) is 0 Å². The molecule has 1 saturated carbocycles. The molecule has 2 fully saturated rings. The van der Waals surface area contributed by atoms with Crippen molar-refractivity contribution >= 4 is 5.82 Å². The summed E-state index contributed by atoms with van der Waals surface area (Å²) in [4.78, 5) is 10.8. The molecular weight excluding hydrogens is 202 g/mol. The first-order valence-electron chi connectivity index (χ1n) is 5.80. The van der Waals surface area contributed by atoms with Crippen molar-refractivity contribution in [2.75, 3.05) is 25.1 Å². The van der Waals surface area contributed by atoms with Crippen LogP contribution in [0.5, 0.6) is 6.01 Å². The Morgan fingerprint density at radius 1 is 1.31 bits per heavy atom. The molecule has 1 aliphatic carbocycles. The molecule has 2 aliphatic rings. The van der Waals surface area contributed by atoms with Crippen molar-refractivity contribution in [1.29, 1.82) is 0 Å². The van der Waals surface area contributed by atoms with E-state index < -0.39 is 0 Å². The van der Waals surface area contributed by atoms with Gasteiger partial charge in [0.05, 0.1) is 7.11 Å². The minimum atomic E-state index is 0.459. The lowest BCUT2D eigenvalue weighted by atomic mass is 10.0. The molecule has 0 aromatic carbocycles. The molecule has 1 saturated heterocycles. The van der Waals surface area contributed by atoms with E-state index in [2.05, 4.69) is 21.3 Å². The summed E-state index contributed by atoms with van der Waals surface area (Å²) in [5.41, 5.74) is 0. The molecule has 0 N–H and O–H groups in total. The van der Waals surface area contributed by atoms with Crippen LogP contribution in [0.25, 0.3) is 0 Å². The van der Waals surface area contributed by atoms with E-state index in [9.17, 15) is 0 Å². The van der Waals surface area contributed by atoms with Crippen LogP contribution in [-0.4, -0.2) is 30.2 Å². The normalized spacial score (nSPS) is 28.2. The van der Waals surface area contributed by atoms with Gasteiger partial charge in [-0.15, -0.1) is 0 Å². The Labute approximate surface area is 95.7 Å². The maximum absolute atomic E-state index is 5.05. The number of rotatable bonds is 2. The monoisotopic (exact) mass is 218 g/mol. The largest absolute Gasteiger partial charge is 0.467 e. The van der Waals surface area contributed by atoms with Crippen LogP contribution in [-0.2, 0) is 0 Å². The van der Waals surface area contributed by atoms with Gasteiger partial charge in [0.1, 0.15) is 5.82 Å². The highest BCUT2D eigenvalue weighted by Gasteiger charge is 2.36. The highest BCUT2D eigenvalue weighted by molar-refractivity contribution is 5.40. The molecule has 2 heterocycles. The highest BCUT2D eigenvalue weighted by atomic mass is 16.5. The molecule has 1 aliphatic heterocycles. The van der Waals surface area contributed by atoms with Gasteiger partial charge in [0.25, 0.3) is 0 Å². The predicted molar refractivity (Wildman–Crippen MR) is 61.3 cm³/mol. The van der Waals surface area contributed by atoms with Crippen LogP contribution >= 0.6 is 0 Å². The van der Waals surface area contributed by atoms with Crippen molar-refractivity contribution in [2.24, 2.45) is 11.8 Å². The maximum Gasteiger partial charge on any atom is 0.318 e. The first kappa shape index (κ1) is 9.87. The Kier molecular flexibility index (Phi) is 2.42. The fourth-order valence-corrected chi connectivity index (χ4v) is 2.79. The van der Waals surface area contributed by atoms with E-state index in [-0.39, 0.29) is 0 Å². The van der Waals surface area contributed by atoms with Gasteiger partial charge in [-0.05, 0) is 37.2 Å². The number of methoxy groups -OCH3 is 1. The Morgan fingerprint density at radius 3 is 2.75 bits per heavy atom. The lowest BCUT2D eigenvalue weighted by Crippen LogP contribution is -2.22. The number of fused-ring (bicyclic) bond motifs is 1. The molecule has 1 aromatic rings. The molecule has 16 heavy (non-hydrogen) atoms. The van der Waals surface area contributed by atoms with Crippen molar-refractivity contribution in [3.8, 4) is 6.01 Å². The summed E-state index contributed by atoms with van der Waals surface area (Å²) in [6, 6.07) is 2.42. The molecule has 4 nitrogen and oxygen atoms in total. The molecule has 0 amide bonds. The van der Waals surface area contributed by atoms with E-state index in [1.165, 1.54) is 12.8 Å². The van der Waals surface area contributed by atoms with Gasteiger partial charge in [0.2, 0.25) is 0 Å². The Bertz CT molecular complexity index is 370. The number of aromatic nitrogens is 2. The first-order chi connectivity index (χ1) is 7.86. The van der Waals surface area contributed by atoms with Gasteiger partial charge < -0.3 is 9.64 Å². The van der Waals surface area contributed by atoms with Crippen molar-refractivity contribution in [3.63, 3.8) is 0 Å². The fraction of sp³-hybridized carbons (Fsp3) is 0.583. The van der Waals surface area contributed by atoms with Crippen LogP contribution in [0.15, 0.2) is 12.3 Å². The third-order valence-corrected chi connectivity index (χ3v) is 3.64. The van der Waals surface area contributed by atoms with Crippen molar-refractivity contribution in [2.45, 2.75) is 12.8 Å². The zero-order valence-corrected chi connectivity index (χ0v) is 9.47. The minimum Gasteiger partial charge on any atom is -0.467 e. The molecule has 2 unspecified atom stereocenters. The summed E-state index contributed by atoms with van der Waals surface area (Å²) < 4.78 is 5.05. The van der Waals surface area contributed by atoms with E-state index in [1.54, 1.807) is 13.3 Å². The Morgan fingerprint density at radius 2 is 2.06 bits per heavy atom. The SMILES string of the molecule is COc1nccc(N2CC3C[CH]CC3C2)n1. The van der Waals surface area contributed by atoms with Crippen molar-refractivity contribution in [1.82, 2.24) is 9.97 Å². The molecule has 1 radical (unpaired) electrons. The van der Waals surface area contributed by atoms with E-state index in [1.807, 2.05) is 6.07 Å². The zero-order chi connectivity index (χ0) is 11.0. The summed E-state index contributed by atoms with van der Waals surface area (Å²) in [7, 11) is 1.60. The van der Waals surface area contributed by atoms with Crippen molar-refractivity contribution in [3.05, 3.63) is 18.7 Å². The Balaban J connectivity index is 1.78.